The van der Waals surface area contributed by atoms with Crippen molar-refractivity contribution in [2.24, 2.45) is 20.5 Å². The van der Waals surface area contributed by atoms with Crippen molar-refractivity contribution in [1.82, 2.24) is 0 Å². The summed E-state index contributed by atoms with van der Waals surface area (Å²) in [4.78, 5) is 79.3. The van der Waals surface area contributed by atoms with Crippen molar-refractivity contribution in [2.75, 3.05) is 21.3 Å². The van der Waals surface area contributed by atoms with Gasteiger partial charge in [-0.1, -0.05) is 73.4 Å². The highest BCUT2D eigenvalue weighted by molar-refractivity contribution is 6.32. The predicted octanol–water partition coefficient (Wildman–Crippen LogP) is 12.6. The molecule has 0 fully saturated rings. The topological polar surface area (TPSA) is 200 Å². The summed E-state index contributed by atoms with van der Waals surface area (Å²) < 4.78 is 0. The van der Waals surface area contributed by atoms with E-state index in [1.807, 2.05) is 26.0 Å². The van der Waals surface area contributed by atoms with Gasteiger partial charge in [0.15, 0.2) is 11.6 Å². The van der Waals surface area contributed by atoms with Gasteiger partial charge in [0.1, 0.15) is 0 Å². The van der Waals surface area contributed by atoms with Crippen LogP contribution in [0.2, 0.25) is 10.0 Å². The third-order valence-corrected chi connectivity index (χ3v) is 10.9. The lowest BCUT2D eigenvalue weighted by molar-refractivity contribution is -0.127. The number of azo groups is 2. The Balaban J connectivity index is 1.31. The molecule has 66 heavy (non-hydrogen) atoms. The number of para-hydroxylation sites is 2. The number of nitrogens with one attached hydrogen (secondary N) is 4. The number of anilines is 4. The first kappa shape index (κ1) is 50.7. The number of rotatable bonds is 18. The Bertz CT molecular complexity index is 2560. The summed E-state index contributed by atoms with van der Waals surface area (Å²) in [5.41, 5.74) is 4.91. The molecule has 4 unspecified atom stereocenters. The van der Waals surface area contributed by atoms with Crippen LogP contribution in [-0.4, -0.2) is 47.3 Å². The molecule has 14 nitrogen and oxygen atoms in total. The van der Waals surface area contributed by atoms with Crippen molar-refractivity contribution in [2.45, 2.75) is 77.2 Å². The van der Waals surface area contributed by atoms with E-state index in [2.05, 4.69) is 41.7 Å². The van der Waals surface area contributed by atoms with Crippen LogP contribution in [0.15, 0.2) is 118 Å². The van der Waals surface area contributed by atoms with Crippen LogP contribution < -0.4 is 21.3 Å². The molecule has 4 amide bonds. The Morgan fingerprint density at radius 1 is 0.515 bits per heavy atom. The molecule has 5 rings (SSSR count). The van der Waals surface area contributed by atoms with E-state index in [1.165, 1.54) is 50.2 Å². The van der Waals surface area contributed by atoms with Gasteiger partial charge in [0, 0.05) is 43.9 Å². The molecule has 18 heteroatoms. The van der Waals surface area contributed by atoms with Gasteiger partial charge >= 0.3 is 0 Å². The van der Waals surface area contributed by atoms with E-state index < -0.39 is 47.3 Å². The zero-order valence-corrected chi connectivity index (χ0v) is 39.7. The standard InChI is InChI=1S/C48H46Cl4N8O6/c1-7-29-21-42(56-48(66)44(28(6)62)60-58-36-20-32(18-34(52)24-36)46(64)54-40-16-12-10-14-38(40)26(4)50)30(8-2)22-41(29)55-47(65)43(27(5)61)59-57-35-19-31(17-33(51)23-35)45(63)53-39-15-11-9-13-37(39)25(3)49/h9-26,43-44H,7-8H2,1-6H3,(H,53,63)(H,54,64)(H,55,65)(H,56,66). The number of hydrogen-bond acceptors (Lipinski definition) is 10. The highest BCUT2D eigenvalue weighted by atomic mass is 35.5. The van der Waals surface area contributed by atoms with Crippen LogP contribution in [0.25, 0.3) is 0 Å². The van der Waals surface area contributed by atoms with Crippen LogP contribution in [0.3, 0.4) is 0 Å². The van der Waals surface area contributed by atoms with E-state index in [9.17, 15) is 28.8 Å². The Labute approximate surface area is 402 Å². The molecule has 4 atom stereocenters. The van der Waals surface area contributed by atoms with Gasteiger partial charge in [0.05, 0.1) is 22.1 Å². The maximum Gasteiger partial charge on any atom is 0.258 e. The number of benzene rings is 5. The fraction of sp³-hybridized carbons (Fsp3) is 0.250. The number of carbonyl (C=O) groups excluding carboxylic acids is 6. The molecule has 0 aliphatic carbocycles. The van der Waals surface area contributed by atoms with Crippen LogP contribution in [-0.2, 0) is 32.0 Å². The number of amides is 4. The normalized spacial score (nSPS) is 13.1. The number of nitrogens with zero attached hydrogens (tertiary/aromatic N) is 4. The number of halogens is 4. The molecule has 342 valence electrons. The van der Waals surface area contributed by atoms with Crippen molar-refractivity contribution >= 4 is 116 Å². The summed E-state index contributed by atoms with van der Waals surface area (Å²) in [5.74, 6) is -3.75. The zero-order valence-electron chi connectivity index (χ0n) is 36.7. The van der Waals surface area contributed by atoms with E-state index in [1.54, 1.807) is 62.4 Å². The largest absolute Gasteiger partial charge is 0.323 e. The van der Waals surface area contributed by atoms with Crippen LogP contribution in [0, 0.1) is 0 Å². The molecular weight excluding hydrogens is 926 g/mol. The lowest BCUT2D eigenvalue weighted by atomic mass is 10.0. The third kappa shape index (κ3) is 13.4. The highest BCUT2D eigenvalue weighted by Crippen LogP contribution is 2.32. The lowest BCUT2D eigenvalue weighted by Gasteiger charge is -2.18. The predicted molar refractivity (Wildman–Crippen MR) is 261 cm³/mol. The molecular formula is C48H46Cl4N8O6. The molecule has 0 aromatic heterocycles. The third-order valence-electron chi connectivity index (χ3n) is 10.0. The van der Waals surface area contributed by atoms with Crippen LogP contribution in [0.4, 0.5) is 34.1 Å². The minimum absolute atomic E-state index is 0.122. The highest BCUT2D eigenvalue weighted by Gasteiger charge is 2.27. The number of carbonyl (C=O) groups is 6. The summed E-state index contributed by atoms with van der Waals surface area (Å²) in [5, 5.41) is 27.1. The van der Waals surface area contributed by atoms with E-state index in [4.69, 9.17) is 46.4 Å². The van der Waals surface area contributed by atoms with Gasteiger partial charge in [-0.25, -0.2) is 0 Å². The molecule has 0 aliphatic rings. The second-order valence-electron chi connectivity index (χ2n) is 15.0. The number of Topliss-reactive ketones (excluding diaryl/α,β-unsaturated/α-hetero) is 2. The molecule has 0 spiro atoms. The summed E-state index contributed by atoms with van der Waals surface area (Å²) in [6, 6.07) is 22.9. The Morgan fingerprint density at radius 2 is 0.879 bits per heavy atom. The summed E-state index contributed by atoms with van der Waals surface area (Å²) in [6.07, 6.45) is 0.765. The SMILES string of the molecule is CCc1cc(NC(=O)C(N=Nc2cc(Cl)cc(C(=O)Nc3ccccc3C(C)Cl)c2)C(C)=O)c(CC)cc1NC(=O)C(N=Nc1cc(Cl)cc(C(=O)Nc2ccccc2C(C)Cl)c1)C(C)=O. The van der Waals surface area contributed by atoms with Gasteiger partial charge in [0.25, 0.3) is 23.6 Å². The number of alkyl halides is 2. The van der Waals surface area contributed by atoms with Gasteiger partial charge in [-0.15, -0.1) is 23.2 Å². The minimum atomic E-state index is -1.57. The van der Waals surface area contributed by atoms with Crippen molar-refractivity contribution in [1.29, 1.82) is 0 Å². The molecule has 0 heterocycles. The lowest BCUT2D eigenvalue weighted by Crippen LogP contribution is -2.33. The first-order valence-electron chi connectivity index (χ1n) is 20.7. The first-order valence-corrected chi connectivity index (χ1v) is 22.3. The Kier molecular flexibility index (Phi) is 17.8. The summed E-state index contributed by atoms with van der Waals surface area (Å²) >= 11 is 25.3. The van der Waals surface area contributed by atoms with Crippen LogP contribution in [0.1, 0.15) is 95.3 Å². The number of aryl methyl sites for hydroxylation is 2. The van der Waals surface area contributed by atoms with E-state index in [-0.39, 0.29) is 43.3 Å². The number of ketones is 2. The van der Waals surface area contributed by atoms with Gasteiger partial charge < -0.3 is 21.3 Å². The fourth-order valence-corrected chi connectivity index (χ4v) is 7.46. The quantitative estimate of drug-likeness (QED) is 0.0382. The van der Waals surface area contributed by atoms with Crippen molar-refractivity contribution in [3.05, 3.63) is 140 Å². The number of hydrogen-bond donors (Lipinski definition) is 4. The average molecular weight is 973 g/mol. The minimum Gasteiger partial charge on any atom is -0.323 e. The second-order valence-corrected chi connectivity index (χ2v) is 17.2. The molecule has 5 aromatic carbocycles. The van der Waals surface area contributed by atoms with E-state index in [0.717, 1.165) is 11.1 Å². The fourth-order valence-electron chi connectivity index (χ4n) is 6.63. The smallest absolute Gasteiger partial charge is 0.258 e. The van der Waals surface area contributed by atoms with Crippen LogP contribution in [0.5, 0.6) is 0 Å². The molecule has 4 N–H and O–H groups in total. The molecule has 0 radical (unpaired) electrons. The van der Waals surface area contributed by atoms with E-state index in [0.29, 0.717) is 46.7 Å². The molecule has 0 saturated carbocycles. The molecule has 5 aromatic rings. The van der Waals surface area contributed by atoms with Gasteiger partial charge in [-0.3, -0.25) is 28.8 Å². The van der Waals surface area contributed by atoms with E-state index >= 15 is 0 Å². The van der Waals surface area contributed by atoms with Crippen molar-refractivity contribution in [3.8, 4) is 0 Å². The average Bonchev–Trinajstić information content (AvgIpc) is 3.26. The summed E-state index contributed by atoms with van der Waals surface area (Å²) in [6.45, 7) is 9.62. The Hall–Kier alpha value is -6.32. The summed E-state index contributed by atoms with van der Waals surface area (Å²) in [7, 11) is 0. The van der Waals surface area contributed by atoms with Gasteiger partial charge in [-0.05, 0) is 123 Å². The Morgan fingerprint density at radius 3 is 1.21 bits per heavy atom. The van der Waals surface area contributed by atoms with Gasteiger partial charge in [-0.2, -0.15) is 20.5 Å². The van der Waals surface area contributed by atoms with Crippen molar-refractivity contribution in [3.63, 3.8) is 0 Å². The maximum absolute atomic E-state index is 13.6. The zero-order chi connectivity index (χ0) is 48.2. The molecule has 0 bridgehead atoms. The van der Waals surface area contributed by atoms with Gasteiger partial charge in [0.2, 0.25) is 12.1 Å². The van der Waals surface area contributed by atoms with Crippen LogP contribution >= 0.6 is 46.4 Å². The second kappa shape index (κ2) is 23.2. The first-order chi connectivity index (χ1) is 31.4. The molecule has 0 aliphatic heterocycles. The van der Waals surface area contributed by atoms with Crippen molar-refractivity contribution < 1.29 is 28.8 Å². The maximum atomic E-state index is 13.6. The monoisotopic (exact) mass is 970 g/mol. The molecule has 0 saturated heterocycles.